The third kappa shape index (κ3) is 4.44. The molecular weight excluding hydrogens is 355 g/mol. The van der Waals surface area contributed by atoms with Gasteiger partial charge in [-0.25, -0.2) is 22.5 Å². The van der Waals surface area contributed by atoms with Crippen molar-refractivity contribution >= 4 is 10.0 Å². The highest BCUT2D eigenvalue weighted by Crippen LogP contribution is 2.20. The second kappa shape index (κ2) is 7.63. The van der Waals surface area contributed by atoms with Crippen LogP contribution in [-0.4, -0.2) is 13.4 Å². The Bertz CT molecular complexity index is 1010. The van der Waals surface area contributed by atoms with Crippen LogP contribution in [0.3, 0.4) is 0 Å². The van der Waals surface area contributed by atoms with Crippen LogP contribution in [0.15, 0.2) is 71.8 Å². The average molecular weight is 372 g/mol. The molecule has 7 heteroatoms. The fourth-order valence-corrected chi connectivity index (χ4v) is 3.40. The molecule has 0 amide bonds. The van der Waals surface area contributed by atoms with E-state index in [1.165, 1.54) is 19.1 Å². The number of hydrogen-bond acceptors (Lipinski definition) is 4. The van der Waals surface area contributed by atoms with Gasteiger partial charge in [0.2, 0.25) is 15.9 Å². The van der Waals surface area contributed by atoms with Crippen molar-refractivity contribution in [2.24, 2.45) is 0 Å². The molecule has 0 radical (unpaired) electrons. The number of hydrogen-bond donors (Lipinski definition) is 1. The maximum Gasteiger partial charge on any atom is 0.240 e. The minimum Gasteiger partial charge on any atom is -0.439 e. The third-order valence-electron chi connectivity index (χ3n) is 3.66. The van der Waals surface area contributed by atoms with E-state index in [9.17, 15) is 12.8 Å². The van der Waals surface area contributed by atoms with Crippen molar-refractivity contribution in [2.45, 2.75) is 18.4 Å². The van der Waals surface area contributed by atoms with Gasteiger partial charge in [-0.1, -0.05) is 18.2 Å². The average Bonchev–Trinajstić information content (AvgIpc) is 2.63. The zero-order valence-corrected chi connectivity index (χ0v) is 14.8. The molecule has 2 aromatic carbocycles. The van der Waals surface area contributed by atoms with Crippen LogP contribution in [0.4, 0.5) is 4.39 Å². The summed E-state index contributed by atoms with van der Waals surface area (Å²) in [6.07, 6.45) is 1.62. The van der Waals surface area contributed by atoms with Crippen LogP contribution in [0.5, 0.6) is 11.6 Å². The first-order valence-corrected chi connectivity index (χ1v) is 9.36. The van der Waals surface area contributed by atoms with Crippen LogP contribution in [0.1, 0.15) is 11.1 Å². The quantitative estimate of drug-likeness (QED) is 0.715. The molecule has 134 valence electrons. The molecular formula is C19H17FN2O3S. The summed E-state index contributed by atoms with van der Waals surface area (Å²) in [6.45, 7) is 1.60. The number of halogens is 1. The number of nitrogens with one attached hydrogen (secondary N) is 1. The molecule has 0 saturated carbocycles. The van der Waals surface area contributed by atoms with E-state index >= 15 is 0 Å². The predicted molar refractivity (Wildman–Crippen MR) is 95.9 cm³/mol. The van der Waals surface area contributed by atoms with Crippen molar-refractivity contribution < 1.29 is 17.5 Å². The van der Waals surface area contributed by atoms with Gasteiger partial charge >= 0.3 is 0 Å². The molecule has 0 aliphatic heterocycles. The van der Waals surface area contributed by atoms with E-state index in [1.54, 1.807) is 42.6 Å². The molecule has 0 bridgehead atoms. The van der Waals surface area contributed by atoms with E-state index in [0.717, 1.165) is 11.6 Å². The maximum atomic E-state index is 13.3. The van der Waals surface area contributed by atoms with Gasteiger partial charge in [0.25, 0.3) is 0 Å². The highest BCUT2D eigenvalue weighted by Gasteiger charge is 2.15. The number of aryl methyl sites for hydroxylation is 1. The molecule has 1 aromatic heterocycles. The molecule has 0 spiro atoms. The molecule has 0 aliphatic carbocycles. The zero-order valence-electron chi connectivity index (χ0n) is 14.0. The summed E-state index contributed by atoms with van der Waals surface area (Å²) < 4.78 is 46.2. The van der Waals surface area contributed by atoms with Crippen molar-refractivity contribution in [3.8, 4) is 11.6 Å². The molecule has 0 unspecified atom stereocenters. The normalized spacial score (nSPS) is 11.3. The molecule has 0 saturated heterocycles. The van der Waals surface area contributed by atoms with Crippen molar-refractivity contribution in [1.29, 1.82) is 0 Å². The van der Waals surface area contributed by atoms with E-state index in [0.29, 0.717) is 11.6 Å². The van der Waals surface area contributed by atoms with E-state index in [4.69, 9.17) is 4.74 Å². The molecule has 3 aromatic rings. The minimum absolute atomic E-state index is 0.0253. The topological polar surface area (TPSA) is 68.3 Å². The van der Waals surface area contributed by atoms with Crippen molar-refractivity contribution in [2.75, 3.05) is 0 Å². The lowest BCUT2D eigenvalue weighted by Gasteiger charge is -2.09. The summed E-state index contributed by atoms with van der Waals surface area (Å²) in [5.41, 5.74) is 1.000. The monoisotopic (exact) mass is 372 g/mol. The van der Waals surface area contributed by atoms with Crippen LogP contribution in [-0.2, 0) is 16.6 Å². The summed E-state index contributed by atoms with van der Waals surface area (Å²) in [7, 11) is -3.74. The minimum atomic E-state index is -3.74. The zero-order chi connectivity index (χ0) is 18.6. The van der Waals surface area contributed by atoms with Crippen LogP contribution in [0, 0.1) is 12.7 Å². The van der Waals surface area contributed by atoms with Crippen LogP contribution >= 0.6 is 0 Å². The second-order valence-electron chi connectivity index (χ2n) is 5.65. The molecule has 1 N–H and O–H groups in total. The Morgan fingerprint density at radius 1 is 1.08 bits per heavy atom. The van der Waals surface area contributed by atoms with Gasteiger partial charge in [0, 0.05) is 18.8 Å². The lowest BCUT2D eigenvalue weighted by Crippen LogP contribution is -2.23. The number of pyridine rings is 1. The molecule has 0 aliphatic rings. The summed E-state index contributed by atoms with van der Waals surface area (Å²) in [5.74, 6) is 0.563. The molecule has 1 heterocycles. The molecule has 26 heavy (non-hydrogen) atoms. The Hall–Kier alpha value is -2.77. The highest BCUT2D eigenvalue weighted by atomic mass is 32.2. The van der Waals surface area contributed by atoms with Crippen molar-refractivity contribution in [3.63, 3.8) is 0 Å². The summed E-state index contributed by atoms with van der Waals surface area (Å²) >= 11 is 0. The largest absolute Gasteiger partial charge is 0.439 e. The van der Waals surface area contributed by atoms with E-state index in [-0.39, 0.29) is 17.0 Å². The lowest BCUT2D eigenvalue weighted by atomic mass is 10.2. The highest BCUT2D eigenvalue weighted by molar-refractivity contribution is 7.89. The molecule has 0 fully saturated rings. The first-order chi connectivity index (χ1) is 12.4. The van der Waals surface area contributed by atoms with Crippen molar-refractivity contribution in [3.05, 3.63) is 83.8 Å². The second-order valence-corrected chi connectivity index (χ2v) is 7.42. The van der Waals surface area contributed by atoms with E-state index in [2.05, 4.69) is 9.71 Å². The van der Waals surface area contributed by atoms with Gasteiger partial charge in [0.15, 0.2) is 0 Å². The summed E-state index contributed by atoms with van der Waals surface area (Å²) in [4.78, 5) is 4.10. The standard InChI is InChI=1S/C19H17FN2O3S/c1-14-11-17(8-9-18(14)20)26(23,24)22-13-15-5-4-6-16(12-15)25-19-7-2-3-10-21-19/h2-12,22H,13H2,1H3. The van der Waals surface area contributed by atoms with Gasteiger partial charge in [-0.15, -0.1) is 0 Å². The number of benzene rings is 2. The third-order valence-corrected chi connectivity index (χ3v) is 5.06. The van der Waals surface area contributed by atoms with Crippen LogP contribution in [0.25, 0.3) is 0 Å². The van der Waals surface area contributed by atoms with Crippen LogP contribution < -0.4 is 9.46 Å². The van der Waals surface area contributed by atoms with Gasteiger partial charge in [-0.3, -0.25) is 0 Å². The first-order valence-electron chi connectivity index (χ1n) is 7.88. The Morgan fingerprint density at radius 3 is 2.65 bits per heavy atom. The number of sulfonamides is 1. The Morgan fingerprint density at radius 2 is 1.92 bits per heavy atom. The van der Waals surface area contributed by atoms with Crippen molar-refractivity contribution in [1.82, 2.24) is 9.71 Å². The summed E-state index contributed by atoms with van der Waals surface area (Å²) in [6, 6.07) is 16.1. The molecule has 5 nitrogen and oxygen atoms in total. The number of nitrogens with zero attached hydrogens (tertiary/aromatic N) is 1. The van der Waals surface area contributed by atoms with Crippen LogP contribution in [0.2, 0.25) is 0 Å². The summed E-state index contributed by atoms with van der Waals surface area (Å²) in [5, 5.41) is 0. The van der Waals surface area contributed by atoms with Gasteiger partial charge in [-0.2, -0.15) is 0 Å². The lowest BCUT2D eigenvalue weighted by molar-refractivity contribution is 0.462. The van der Waals surface area contributed by atoms with E-state index in [1.807, 2.05) is 6.07 Å². The Balaban J connectivity index is 1.71. The molecule has 0 atom stereocenters. The smallest absolute Gasteiger partial charge is 0.240 e. The fraction of sp³-hybridized carbons (Fsp3) is 0.105. The maximum absolute atomic E-state index is 13.3. The van der Waals surface area contributed by atoms with Gasteiger partial charge in [-0.05, 0) is 54.4 Å². The fourth-order valence-electron chi connectivity index (χ4n) is 2.29. The number of aromatic nitrogens is 1. The van der Waals surface area contributed by atoms with Gasteiger partial charge < -0.3 is 4.74 Å². The number of ether oxygens (including phenoxy) is 1. The molecule has 3 rings (SSSR count). The first kappa shape index (κ1) is 18.0. The van der Waals surface area contributed by atoms with Gasteiger partial charge in [0.05, 0.1) is 4.90 Å². The SMILES string of the molecule is Cc1cc(S(=O)(=O)NCc2cccc(Oc3ccccn3)c2)ccc1F. The Labute approximate surface area is 151 Å². The van der Waals surface area contributed by atoms with Gasteiger partial charge in [0.1, 0.15) is 11.6 Å². The number of rotatable bonds is 6. The predicted octanol–water partition coefficient (Wildman–Crippen LogP) is 3.80. The Kier molecular flexibility index (Phi) is 5.29. The van der Waals surface area contributed by atoms with E-state index < -0.39 is 15.8 Å².